The second-order valence-electron chi connectivity index (χ2n) is 8.24. The van der Waals surface area contributed by atoms with E-state index in [9.17, 15) is 4.79 Å². The van der Waals surface area contributed by atoms with E-state index in [0.29, 0.717) is 48.5 Å². The number of hydrogen-bond donors (Lipinski definition) is 3. The van der Waals surface area contributed by atoms with Crippen molar-refractivity contribution in [2.75, 3.05) is 52.8 Å². The molecule has 0 spiro atoms. The number of methoxy groups -OCH3 is 1. The van der Waals surface area contributed by atoms with Crippen molar-refractivity contribution in [1.82, 2.24) is 9.88 Å². The van der Waals surface area contributed by atoms with Gasteiger partial charge in [0.25, 0.3) is 5.56 Å². The lowest BCUT2D eigenvalue weighted by molar-refractivity contribution is -0.857. The number of rotatable bonds is 7. The summed E-state index contributed by atoms with van der Waals surface area (Å²) in [6, 6.07) is 13.2. The third-order valence-electron chi connectivity index (χ3n) is 5.46. The molecule has 33 heavy (non-hydrogen) atoms. The zero-order valence-corrected chi connectivity index (χ0v) is 19.9. The van der Waals surface area contributed by atoms with Crippen molar-refractivity contribution >= 4 is 33.9 Å². The van der Waals surface area contributed by atoms with Gasteiger partial charge in [0.15, 0.2) is 16.6 Å². The number of fused-ring (bicyclic) bond motifs is 2. The molecule has 0 atom stereocenters. The maximum atomic E-state index is 12.9. The van der Waals surface area contributed by atoms with E-state index in [1.165, 1.54) is 4.90 Å². The Hall–Kier alpha value is -3.30. The average molecular weight is 470 g/mol. The normalized spacial score (nSPS) is 12.6. The lowest BCUT2D eigenvalue weighted by Crippen LogP contribution is -3.06. The predicted molar refractivity (Wildman–Crippen MR) is 133 cm³/mol. The van der Waals surface area contributed by atoms with Gasteiger partial charge in [-0.25, -0.2) is 0 Å². The summed E-state index contributed by atoms with van der Waals surface area (Å²) in [7, 11) is 5.81. The van der Waals surface area contributed by atoms with Crippen LogP contribution in [0.25, 0.3) is 10.9 Å². The van der Waals surface area contributed by atoms with E-state index in [1.54, 1.807) is 7.11 Å². The lowest BCUT2D eigenvalue weighted by atomic mass is 10.1. The van der Waals surface area contributed by atoms with E-state index in [2.05, 4.69) is 24.4 Å². The second-order valence-corrected chi connectivity index (χ2v) is 8.63. The number of aromatic nitrogens is 1. The highest BCUT2D eigenvalue weighted by molar-refractivity contribution is 7.80. The van der Waals surface area contributed by atoms with Gasteiger partial charge >= 0.3 is 0 Å². The molecule has 3 aromatic rings. The molecule has 0 unspecified atom stereocenters. The van der Waals surface area contributed by atoms with Crippen LogP contribution in [0.2, 0.25) is 0 Å². The summed E-state index contributed by atoms with van der Waals surface area (Å²) in [5.41, 5.74) is 2.07. The van der Waals surface area contributed by atoms with Crippen LogP contribution in [0.3, 0.4) is 0 Å². The number of pyridine rings is 1. The van der Waals surface area contributed by atoms with Crippen LogP contribution in [-0.2, 0) is 6.54 Å². The average Bonchev–Trinajstić information content (AvgIpc) is 2.81. The molecule has 4 rings (SSSR count). The Labute approximate surface area is 198 Å². The molecule has 0 aliphatic carbocycles. The van der Waals surface area contributed by atoms with Gasteiger partial charge in [0.2, 0.25) is 0 Å². The lowest BCUT2D eigenvalue weighted by Gasteiger charge is -2.26. The van der Waals surface area contributed by atoms with Gasteiger partial charge in [-0.15, -0.1) is 0 Å². The number of ether oxygens (including phenoxy) is 3. The van der Waals surface area contributed by atoms with Crippen LogP contribution in [0.5, 0.6) is 17.2 Å². The van der Waals surface area contributed by atoms with Gasteiger partial charge in [-0.3, -0.25) is 4.79 Å². The first kappa shape index (κ1) is 22.9. The summed E-state index contributed by atoms with van der Waals surface area (Å²) in [6.45, 7) is 2.97. The van der Waals surface area contributed by atoms with Crippen LogP contribution in [0.4, 0.5) is 5.69 Å². The van der Waals surface area contributed by atoms with Gasteiger partial charge in [0.1, 0.15) is 19.0 Å². The van der Waals surface area contributed by atoms with Crippen molar-refractivity contribution in [2.24, 2.45) is 0 Å². The van der Waals surface area contributed by atoms with Crippen LogP contribution < -0.4 is 30.0 Å². The van der Waals surface area contributed by atoms with Crippen LogP contribution >= 0.6 is 12.2 Å². The Morgan fingerprint density at radius 1 is 1.15 bits per heavy atom. The molecule has 174 valence electrons. The third kappa shape index (κ3) is 5.55. The number of hydrogen-bond acceptors (Lipinski definition) is 5. The summed E-state index contributed by atoms with van der Waals surface area (Å²) in [6.07, 6.45) is 0. The summed E-state index contributed by atoms with van der Waals surface area (Å²) < 4.78 is 16.6. The molecule has 0 bridgehead atoms. The molecule has 8 nitrogen and oxygen atoms in total. The van der Waals surface area contributed by atoms with Gasteiger partial charge in [-0.1, -0.05) is 0 Å². The quantitative estimate of drug-likeness (QED) is 0.454. The van der Waals surface area contributed by atoms with Crippen molar-refractivity contribution in [3.63, 3.8) is 0 Å². The molecule has 2 heterocycles. The molecular weight excluding hydrogens is 440 g/mol. The van der Waals surface area contributed by atoms with E-state index < -0.39 is 0 Å². The molecule has 1 aliphatic heterocycles. The number of quaternary nitrogens is 1. The Kier molecular flexibility index (Phi) is 7.00. The Morgan fingerprint density at radius 3 is 2.52 bits per heavy atom. The number of likely N-dealkylation sites (N-methyl/N-ethyl adjacent to an activating group) is 1. The molecule has 0 saturated heterocycles. The first-order valence-corrected chi connectivity index (χ1v) is 11.3. The molecule has 2 aromatic carbocycles. The molecule has 0 saturated carbocycles. The number of thiocarbonyl (C=S) groups is 1. The number of aromatic amines is 1. The summed E-state index contributed by atoms with van der Waals surface area (Å²) in [5, 5.41) is 4.73. The first-order chi connectivity index (χ1) is 15.9. The topological polar surface area (TPSA) is 80.3 Å². The van der Waals surface area contributed by atoms with Crippen LogP contribution in [-0.4, -0.2) is 62.5 Å². The third-order valence-corrected chi connectivity index (χ3v) is 5.82. The van der Waals surface area contributed by atoms with E-state index in [1.807, 2.05) is 47.4 Å². The molecule has 1 aromatic heterocycles. The fourth-order valence-corrected chi connectivity index (χ4v) is 3.87. The molecular formula is C24H29N4O4S+. The number of anilines is 1. The fraction of sp³-hybridized carbons (Fsp3) is 0.333. The molecule has 0 fully saturated rings. The van der Waals surface area contributed by atoms with Crippen molar-refractivity contribution in [3.05, 3.63) is 58.4 Å². The summed E-state index contributed by atoms with van der Waals surface area (Å²) in [4.78, 5) is 19.2. The van der Waals surface area contributed by atoms with Crippen LogP contribution in [0.1, 0.15) is 5.56 Å². The van der Waals surface area contributed by atoms with Crippen molar-refractivity contribution < 1.29 is 19.1 Å². The van der Waals surface area contributed by atoms with Crippen molar-refractivity contribution in [2.45, 2.75) is 6.54 Å². The number of nitrogens with one attached hydrogen (secondary N) is 3. The maximum absolute atomic E-state index is 12.9. The molecule has 1 aliphatic rings. The number of H-pyrrole nitrogens is 1. The molecule has 0 radical (unpaired) electrons. The van der Waals surface area contributed by atoms with Gasteiger partial charge in [-0.2, -0.15) is 0 Å². The van der Waals surface area contributed by atoms with Gasteiger partial charge < -0.3 is 34.3 Å². The first-order valence-electron chi connectivity index (χ1n) is 10.9. The second kappa shape index (κ2) is 10.1. The van der Waals surface area contributed by atoms with E-state index in [4.69, 9.17) is 26.4 Å². The van der Waals surface area contributed by atoms with Crippen molar-refractivity contribution in [1.29, 1.82) is 0 Å². The largest absolute Gasteiger partial charge is 0.497 e. The highest BCUT2D eigenvalue weighted by Gasteiger charge is 2.17. The predicted octanol–water partition coefficient (Wildman–Crippen LogP) is 1.65. The van der Waals surface area contributed by atoms with Gasteiger partial charge in [-0.05, 0) is 48.6 Å². The van der Waals surface area contributed by atoms with Crippen LogP contribution in [0.15, 0.2) is 47.3 Å². The van der Waals surface area contributed by atoms with Crippen LogP contribution in [0, 0.1) is 0 Å². The zero-order chi connectivity index (χ0) is 23.4. The minimum atomic E-state index is -0.145. The summed E-state index contributed by atoms with van der Waals surface area (Å²) >= 11 is 5.71. The minimum Gasteiger partial charge on any atom is -0.497 e. The SMILES string of the molecule is COc1ccc(NC(=S)N(CC[NH+](C)C)Cc2cc3cc4c(cc3[nH]c2=O)OCCO4)cc1. The van der Waals surface area contributed by atoms with Crippen molar-refractivity contribution in [3.8, 4) is 17.2 Å². The van der Waals surface area contributed by atoms with Gasteiger partial charge in [0.05, 0.1) is 46.4 Å². The van der Waals surface area contributed by atoms with E-state index in [0.717, 1.165) is 28.9 Å². The summed E-state index contributed by atoms with van der Waals surface area (Å²) in [5.74, 6) is 2.12. The molecule has 9 heteroatoms. The Balaban J connectivity index is 1.58. The maximum Gasteiger partial charge on any atom is 0.253 e. The molecule has 3 N–H and O–H groups in total. The fourth-order valence-electron chi connectivity index (χ4n) is 3.60. The standard InChI is InChI=1S/C24H28N4O4S/c1-27(2)8-9-28(24(33)25-18-4-6-19(30-3)7-5-18)15-17-12-16-13-21-22(32-11-10-31-21)14-20(16)26-23(17)29/h4-7,12-14H,8-11,15H2,1-3H3,(H,25,33)(H,26,29)/p+1. The zero-order valence-electron chi connectivity index (χ0n) is 19.1. The highest BCUT2D eigenvalue weighted by Crippen LogP contribution is 2.33. The minimum absolute atomic E-state index is 0.145. The van der Waals surface area contributed by atoms with E-state index in [-0.39, 0.29) is 5.56 Å². The Morgan fingerprint density at radius 2 is 1.85 bits per heavy atom. The highest BCUT2D eigenvalue weighted by atomic mass is 32.1. The number of benzene rings is 2. The number of nitrogens with zero attached hydrogens (tertiary/aromatic N) is 1. The van der Waals surface area contributed by atoms with E-state index >= 15 is 0 Å². The van der Waals surface area contributed by atoms with Gasteiger partial charge in [0, 0.05) is 22.7 Å². The Bertz CT molecular complexity index is 1190. The monoisotopic (exact) mass is 469 g/mol. The smallest absolute Gasteiger partial charge is 0.253 e. The molecule has 0 amide bonds.